The van der Waals surface area contributed by atoms with Crippen molar-refractivity contribution in [3.63, 3.8) is 0 Å². The van der Waals surface area contributed by atoms with Gasteiger partial charge >= 0.3 is 0 Å². The Labute approximate surface area is 98.5 Å². The highest BCUT2D eigenvalue weighted by Crippen LogP contribution is 2.23. The highest BCUT2D eigenvalue weighted by Gasteiger charge is 2.30. The summed E-state index contributed by atoms with van der Waals surface area (Å²) in [6.07, 6.45) is 0.392. The van der Waals surface area contributed by atoms with Gasteiger partial charge in [-0.05, 0) is 12.8 Å². The van der Waals surface area contributed by atoms with E-state index in [2.05, 4.69) is 5.43 Å². The molecule has 5 N–H and O–H groups in total. The molecule has 0 aliphatic carbocycles. The maximum absolute atomic E-state index is 11.1. The van der Waals surface area contributed by atoms with Crippen LogP contribution in [0.1, 0.15) is 12.8 Å². The van der Waals surface area contributed by atoms with E-state index in [1.807, 2.05) is 0 Å². The maximum atomic E-state index is 11.1. The van der Waals surface area contributed by atoms with Crippen LogP contribution < -0.4 is 11.3 Å². The van der Waals surface area contributed by atoms with Crippen LogP contribution >= 0.6 is 11.8 Å². The molecule has 3 unspecified atom stereocenters. The molecule has 0 bridgehead atoms. The Morgan fingerprint density at radius 2 is 2.38 bits per heavy atom. The number of ether oxygens (including phenoxy) is 1. The molecular weight excluding hydrogens is 232 g/mol. The lowest BCUT2D eigenvalue weighted by Crippen LogP contribution is -2.39. The van der Waals surface area contributed by atoms with E-state index < -0.39 is 12.2 Å². The van der Waals surface area contributed by atoms with E-state index >= 15 is 0 Å². The van der Waals surface area contributed by atoms with Gasteiger partial charge in [0.05, 0.1) is 18.8 Å². The van der Waals surface area contributed by atoms with Gasteiger partial charge in [-0.2, -0.15) is 11.8 Å². The second kappa shape index (κ2) is 7.08. The zero-order valence-corrected chi connectivity index (χ0v) is 9.78. The van der Waals surface area contributed by atoms with Crippen LogP contribution in [0, 0.1) is 0 Å². The van der Waals surface area contributed by atoms with Crippen LogP contribution in [0.3, 0.4) is 0 Å². The van der Waals surface area contributed by atoms with E-state index in [4.69, 9.17) is 20.8 Å². The first-order valence-electron chi connectivity index (χ1n) is 5.20. The number of carbonyl (C=O) groups is 1. The first-order chi connectivity index (χ1) is 7.67. The van der Waals surface area contributed by atoms with Gasteiger partial charge in [0.15, 0.2) is 0 Å². The molecule has 1 heterocycles. The van der Waals surface area contributed by atoms with E-state index in [0.29, 0.717) is 17.9 Å². The number of hydrogen-bond donors (Lipinski definition) is 4. The van der Waals surface area contributed by atoms with Gasteiger partial charge in [0.1, 0.15) is 6.10 Å². The summed E-state index contributed by atoms with van der Waals surface area (Å²) in [4.78, 5) is 11.1. The average Bonchev–Trinajstić information content (AvgIpc) is 2.76. The van der Waals surface area contributed by atoms with Gasteiger partial charge in [0, 0.05) is 11.5 Å². The van der Waals surface area contributed by atoms with Gasteiger partial charge in [-0.15, -0.1) is 0 Å². The highest BCUT2D eigenvalue weighted by atomic mass is 32.2. The van der Waals surface area contributed by atoms with E-state index in [1.165, 1.54) is 11.8 Å². The number of aliphatic hydroxyl groups is 2. The molecule has 1 fully saturated rings. The highest BCUT2D eigenvalue weighted by molar-refractivity contribution is 7.99. The lowest BCUT2D eigenvalue weighted by molar-refractivity contribution is -0.131. The average molecular weight is 250 g/mol. The lowest BCUT2D eigenvalue weighted by Gasteiger charge is -2.13. The molecule has 0 aromatic carbocycles. The molecular formula is C9H18N2O4S. The fraction of sp³-hybridized carbons (Fsp3) is 0.889. The van der Waals surface area contributed by atoms with Crippen LogP contribution in [0.5, 0.6) is 0 Å². The molecule has 1 aliphatic rings. The smallest absolute Gasteiger partial charge is 0.263 e. The summed E-state index contributed by atoms with van der Waals surface area (Å²) in [7, 11) is 0. The third-order valence-electron chi connectivity index (χ3n) is 2.37. The Morgan fingerprint density at radius 1 is 1.62 bits per heavy atom. The van der Waals surface area contributed by atoms with Crippen LogP contribution in [0.25, 0.3) is 0 Å². The number of aliphatic hydroxyl groups excluding tert-OH is 2. The Morgan fingerprint density at radius 3 is 3.00 bits per heavy atom. The first-order valence-corrected chi connectivity index (χ1v) is 6.35. The number of carbonyl (C=O) groups excluding carboxylic acids is 1. The summed E-state index contributed by atoms with van der Waals surface area (Å²) >= 11 is 1.51. The molecule has 0 radical (unpaired) electrons. The van der Waals surface area contributed by atoms with Crippen LogP contribution in [-0.4, -0.2) is 52.5 Å². The third kappa shape index (κ3) is 4.26. The Bertz CT molecular complexity index is 230. The number of hydrazine groups is 1. The Kier molecular flexibility index (Phi) is 6.07. The first kappa shape index (κ1) is 13.7. The van der Waals surface area contributed by atoms with Gasteiger partial charge in [-0.3, -0.25) is 10.2 Å². The molecule has 1 amide bonds. The fourth-order valence-corrected chi connectivity index (χ4v) is 2.52. The van der Waals surface area contributed by atoms with Gasteiger partial charge in [-0.1, -0.05) is 0 Å². The molecule has 1 saturated heterocycles. The standard InChI is InChI=1S/C9H18N2O4S/c10-11-9(14)8-2-1-7(15-8)5-16-4-6(13)3-12/h6-8,12-13H,1-5,10H2,(H,11,14). The molecule has 6 nitrogen and oxygen atoms in total. The fourth-order valence-electron chi connectivity index (χ4n) is 1.50. The molecule has 3 atom stereocenters. The van der Waals surface area contributed by atoms with Crippen molar-refractivity contribution in [1.29, 1.82) is 0 Å². The summed E-state index contributed by atoms with van der Waals surface area (Å²) in [5.74, 6) is 5.91. The molecule has 0 saturated carbocycles. The van der Waals surface area contributed by atoms with Crippen molar-refractivity contribution >= 4 is 17.7 Å². The SMILES string of the molecule is NNC(=O)C1CCC(CSCC(O)CO)O1. The van der Waals surface area contributed by atoms with Crippen LogP contribution in [-0.2, 0) is 9.53 Å². The van der Waals surface area contributed by atoms with Crippen molar-refractivity contribution in [2.75, 3.05) is 18.1 Å². The summed E-state index contributed by atoms with van der Waals surface area (Å²) < 4.78 is 5.47. The molecule has 16 heavy (non-hydrogen) atoms. The van der Waals surface area contributed by atoms with Crippen molar-refractivity contribution in [2.24, 2.45) is 5.84 Å². The van der Waals surface area contributed by atoms with E-state index in [9.17, 15) is 4.79 Å². The monoisotopic (exact) mass is 250 g/mol. The number of thioether (sulfide) groups is 1. The number of rotatable bonds is 6. The lowest BCUT2D eigenvalue weighted by atomic mass is 10.2. The zero-order chi connectivity index (χ0) is 12.0. The van der Waals surface area contributed by atoms with E-state index in [1.54, 1.807) is 0 Å². The van der Waals surface area contributed by atoms with Crippen LogP contribution in [0.2, 0.25) is 0 Å². The molecule has 1 aliphatic heterocycles. The summed E-state index contributed by atoms with van der Waals surface area (Å²) in [5.41, 5.74) is 2.07. The topological polar surface area (TPSA) is 105 Å². The summed E-state index contributed by atoms with van der Waals surface area (Å²) in [5, 5.41) is 17.7. The minimum Gasteiger partial charge on any atom is -0.394 e. The predicted molar refractivity (Wildman–Crippen MR) is 60.6 cm³/mol. The quantitative estimate of drug-likeness (QED) is 0.263. The van der Waals surface area contributed by atoms with Crippen molar-refractivity contribution in [2.45, 2.75) is 31.2 Å². The van der Waals surface area contributed by atoms with Gasteiger partial charge in [0.2, 0.25) is 0 Å². The van der Waals surface area contributed by atoms with Crippen molar-refractivity contribution in [3.05, 3.63) is 0 Å². The van der Waals surface area contributed by atoms with Crippen LogP contribution in [0.15, 0.2) is 0 Å². The molecule has 1 rings (SSSR count). The largest absolute Gasteiger partial charge is 0.394 e. The second-order valence-electron chi connectivity index (χ2n) is 3.71. The Balaban J connectivity index is 2.14. The minimum absolute atomic E-state index is 0.0261. The second-order valence-corrected chi connectivity index (χ2v) is 4.78. The van der Waals surface area contributed by atoms with Gasteiger partial charge in [-0.25, -0.2) is 5.84 Å². The van der Waals surface area contributed by atoms with Crippen molar-refractivity contribution < 1.29 is 19.7 Å². The van der Waals surface area contributed by atoms with E-state index in [-0.39, 0.29) is 18.6 Å². The van der Waals surface area contributed by atoms with Gasteiger partial charge < -0.3 is 14.9 Å². The number of amides is 1. The summed E-state index contributed by atoms with van der Waals surface area (Å²) in [6, 6.07) is 0. The predicted octanol–water partition coefficient (Wildman–Crippen LogP) is -1.39. The number of nitrogens with one attached hydrogen (secondary N) is 1. The summed E-state index contributed by atoms with van der Waals surface area (Å²) in [6.45, 7) is -0.225. The molecule has 0 spiro atoms. The minimum atomic E-state index is -0.686. The van der Waals surface area contributed by atoms with Crippen LogP contribution in [0.4, 0.5) is 0 Å². The van der Waals surface area contributed by atoms with Crippen molar-refractivity contribution in [3.8, 4) is 0 Å². The molecule has 0 aromatic rings. The molecule has 7 heteroatoms. The normalized spacial score (nSPS) is 26.7. The third-order valence-corrected chi connectivity index (χ3v) is 3.59. The molecule has 94 valence electrons. The zero-order valence-electron chi connectivity index (χ0n) is 8.96. The Hall–Kier alpha value is -0.340. The molecule has 0 aromatic heterocycles. The number of hydrogen-bond acceptors (Lipinski definition) is 6. The van der Waals surface area contributed by atoms with Gasteiger partial charge in [0.25, 0.3) is 5.91 Å². The van der Waals surface area contributed by atoms with Crippen molar-refractivity contribution in [1.82, 2.24) is 5.43 Å². The number of nitrogens with two attached hydrogens (primary N) is 1. The van der Waals surface area contributed by atoms with E-state index in [0.717, 1.165) is 6.42 Å². The maximum Gasteiger partial charge on any atom is 0.263 e.